The first-order valence-corrected chi connectivity index (χ1v) is 8.01. The molecule has 0 bridgehead atoms. The van der Waals surface area contributed by atoms with Gasteiger partial charge in [-0.2, -0.15) is 0 Å². The number of aromatic hydroxyl groups is 1. The lowest BCUT2D eigenvalue weighted by Crippen LogP contribution is -1.97. The Balaban J connectivity index is 1.61. The molecule has 124 valence electrons. The van der Waals surface area contributed by atoms with Crippen LogP contribution in [0.25, 0.3) is 10.9 Å². The number of carbonyl (C=O) groups excluding carboxylic acids is 1. The van der Waals surface area contributed by atoms with Gasteiger partial charge < -0.3 is 10.1 Å². The van der Waals surface area contributed by atoms with Crippen molar-refractivity contribution in [3.05, 3.63) is 28.3 Å². The SMILES string of the molecule is O=C(N=Nc1c(O)[nH]c2ccc([N+](=O)[O-])cc12)C1[C@H]2CCCC[C@@H]12. The van der Waals surface area contributed by atoms with Gasteiger partial charge in [0, 0.05) is 23.4 Å². The largest absolute Gasteiger partial charge is 0.493 e. The maximum Gasteiger partial charge on any atom is 0.270 e. The summed E-state index contributed by atoms with van der Waals surface area (Å²) in [5, 5.41) is 28.9. The Labute approximate surface area is 136 Å². The van der Waals surface area contributed by atoms with E-state index in [1.54, 1.807) is 0 Å². The van der Waals surface area contributed by atoms with E-state index in [-0.39, 0.29) is 29.1 Å². The fraction of sp³-hybridized carbons (Fsp3) is 0.438. The summed E-state index contributed by atoms with van der Waals surface area (Å²) in [4.78, 5) is 25.3. The fourth-order valence-corrected chi connectivity index (χ4v) is 3.89. The van der Waals surface area contributed by atoms with Gasteiger partial charge >= 0.3 is 0 Å². The molecule has 1 aromatic carbocycles. The number of nitro groups is 1. The number of nitro benzene ring substituents is 1. The quantitative estimate of drug-likeness (QED) is 0.505. The van der Waals surface area contributed by atoms with Crippen LogP contribution >= 0.6 is 0 Å². The summed E-state index contributed by atoms with van der Waals surface area (Å²) in [7, 11) is 0. The highest BCUT2D eigenvalue weighted by Gasteiger charge is 2.54. The van der Waals surface area contributed by atoms with Crippen LogP contribution in [0.15, 0.2) is 28.4 Å². The summed E-state index contributed by atoms with van der Waals surface area (Å²) in [5.74, 6) is 0.310. The van der Waals surface area contributed by atoms with Gasteiger partial charge in [0.2, 0.25) is 5.88 Å². The first kappa shape index (κ1) is 14.8. The van der Waals surface area contributed by atoms with E-state index in [2.05, 4.69) is 15.2 Å². The number of rotatable bonds is 3. The number of non-ortho nitro benzene ring substituents is 1. The third kappa shape index (κ3) is 2.34. The van der Waals surface area contributed by atoms with Crippen molar-refractivity contribution in [2.75, 3.05) is 0 Å². The molecule has 2 aromatic rings. The van der Waals surface area contributed by atoms with E-state index in [9.17, 15) is 20.0 Å². The monoisotopic (exact) mass is 328 g/mol. The number of nitrogens with one attached hydrogen (secondary N) is 1. The summed E-state index contributed by atoms with van der Waals surface area (Å²) < 4.78 is 0. The molecule has 3 atom stereocenters. The maximum atomic E-state index is 12.2. The Morgan fingerprint density at radius 2 is 2.00 bits per heavy atom. The van der Waals surface area contributed by atoms with E-state index in [0.29, 0.717) is 22.7 Å². The molecule has 2 aliphatic rings. The van der Waals surface area contributed by atoms with Gasteiger partial charge in [-0.1, -0.05) is 12.8 Å². The second-order valence-corrected chi connectivity index (χ2v) is 6.49. The van der Waals surface area contributed by atoms with Crippen molar-refractivity contribution in [2.24, 2.45) is 28.0 Å². The number of hydrogen-bond acceptors (Lipinski definition) is 5. The normalized spacial score (nSPS) is 25.8. The molecule has 1 heterocycles. The molecule has 8 heteroatoms. The molecule has 2 aliphatic carbocycles. The Bertz CT molecular complexity index is 860. The van der Waals surface area contributed by atoms with Crippen LogP contribution in [-0.2, 0) is 4.79 Å². The summed E-state index contributed by atoms with van der Waals surface area (Å²) in [6.07, 6.45) is 4.46. The van der Waals surface area contributed by atoms with Gasteiger partial charge in [-0.3, -0.25) is 14.9 Å². The molecule has 4 rings (SSSR count). The summed E-state index contributed by atoms with van der Waals surface area (Å²) in [5.41, 5.74) is 0.447. The first-order chi connectivity index (χ1) is 11.6. The van der Waals surface area contributed by atoms with Gasteiger partial charge in [0.05, 0.1) is 10.4 Å². The van der Waals surface area contributed by atoms with Crippen molar-refractivity contribution in [1.29, 1.82) is 0 Å². The smallest absolute Gasteiger partial charge is 0.270 e. The highest BCUT2D eigenvalue weighted by molar-refractivity contribution is 5.96. The van der Waals surface area contributed by atoms with Gasteiger partial charge in [0.25, 0.3) is 11.6 Å². The van der Waals surface area contributed by atoms with Crippen LogP contribution in [0.2, 0.25) is 0 Å². The number of azo groups is 1. The number of hydrogen-bond donors (Lipinski definition) is 2. The molecule has 0 spiro atoms. The van der Waals surface area contributed by atoms with Crippen molar-refractivity contribution < 1.29 is 14.8 Å². The molecule has 0 saturated heterocycles. The molecule has 0 aliphatic heterocycles. The zero-order valence-corrected chi connectivity index (χ0v) is 12.8. The Hall–Kier alpha value is -2.77. The van der Waals surface area contributed by atoms with Gasteiger partial charge in [0.1, 0.15) is 0 Å². The molecule has 1 amide bonds. The summed E-state index contributed by atoms with van der Waals surface area (Å²) in [6, 6.07) is 4.13. The van der Waals surface area contributed by atoms with E-state index in [1.165, 1.54) is 18.2 Å². The van der Waals surface area contributed by atoms with E-state index < -0.39 is 4.92 Å². The maximum absolute atomic E-state index is 12.2. The molecule has 1 unspecified atom stereocenters. The van der Waals surface area contributed by atoms with Crippen LogP contribution in [0.4, 0.5) is 11.4 Å². The van der Waals surface area contributed by atoms with Gasteiger partial charge in [-0.05, 0) is 30.7 Å². The molecule has 8 nitrogen and oxygen atoms in total. The fourth-order valence-electron chi connectivity index (χ4n) is 3.89. The minimum Gasteiger partial charge on any atom is -0.493 e. The van der Waals surface area contributed by atoms with Crippen molar-refractivity contribution in [1.82, 2.24) is 4.98 Å². The van der Waals surface area contributed by atoms with Crippen LogP contribution < -0.4 is 0 Å². The van der Waals surface area contributed by atoms with Crippen LogP contribution in [0, 0.1) is 27.9 Å². The molecule has 0 radical (unpaired) electrons. The number of aromatic amines is 1. The number of H-pyrrole nitrogens is 1. The summed E-state index contributed by atoms with van der Waals surface area (Å²) in [6.45, 7) is 0. The van der Waals surface area contributed by atoms with Gasteiger partial charge in [-0.15, -0.1) is 10.2 Å². The molecule has 24 heavy (non-hydrogen) atoms. The van der Waals surface area contributed by atoms with Crippen LogP contribution in [-0.4, -0.2) is 20.9 Å². The lowest BCUT2D eigenvalue weighted by Gasteiger charge is -2.04. The molecule has 2 N–H and O–H groups in total. The van der Waals surface area contributed by atoms with Crippen LogP contribution in [0.5, 0.6) is 5.88 Å². The Kier molecular flexibility index (Phi) is 3.33. The van der Waals surface area contributed by atoms with E-state index in [4.69, 9.17) is 0 Å². The zero-order chi connectivity index (χ0) is 16.8. The minimum absolute atomic E-state index is 0.0436. The number of amides is 1. The molecule has 2 saturated carbocycles. The number of fused-ring (bicyclic) bond motifs is 2. The lowest BCUT2D eigenvalue weighted by atomic mass is 10.0. The van der Waals surface area contributed by atoms with Crippen LogP contribution in [0.1, 0.15) is 25.7 Å². The third-order valence-electron chi connectivity index (χ3n) is 5.14. The topological polar surface area (TPSA) is 121 Å². The first-order valence-electron chi connectivity index (χ1n) is 8.01. The lowest BCUT2D eigenvalue weighted by molar-refractivity contribution is -0.384. The van der Waals surface area contributed by atoms with Gasteiger partial charge in [0.15, 0.2) is 5.69 Å². The predicted octanol–water partition coefficient (Wildman–Crippen LogP) is 3.83. The van der Waals surface area contributed by atoms with Crippen molar-refractivity contribution in [3.8, 4) is 5.88 Å². The number of carbonyl (C=O) groups is 1. The predicted molar refractivity (Wildman–Crippen MR) is 85.1 cm³/mol. The molecule has 2 fully saturated rings. The average molecular weight is 328 g/mol. The molecule has 1 aromatic heterocycles. The Morgan fingerprint density at radius 3 is 2.67 bits per heavy atom. The van der Waals surface area contributed by atoms with Crippen molar-refractivity contribution >= 4 is 28.2 Å². The van der Waals surface area contributed by atoms with Crippen molar-refractivity contribution in [3.63, 3.8) is 0 Å². The minimum atomic E-state index is -0.523. The number of benzene rings is 1. The standard InChI is InChI=1S/C16H16N4O4/c21-15(13-9-3-1-2-4-10(9)13)19-18-14-11-7-8(20(23)24)5-6-12(11)17-16(14)22/h5-7,9-10,13,17,22H,1-4H2/t9-,10+,13?. The average Bonchev–Trinajstić information content (AvgIpc) is 3.21. The molecular formula is C16H16N4O4. The third-order valence-corrected chi connectivity index (χ3v) is 5.14. The number of aromatic nitrogens is 1. The second kappa shape index (κ2) is 5.40. The highest BCUT2D eigenvalue weighted by atomic mass is 16.6. The van der Waals surface area contributed by atoms with E-state index in [0.717, 1.165) is 25.7 Å². The Morgan fingerprint density at radius 1 is 1.29 bits per heavy atom. The van der Waals surface area contributed by atoms with E-state index >= 15 is 0 Å². The summed E-state index contributed by atoms with van der Waals surface area (Å²) >= 11 is 0. The second-order valence-electron chi connectivity index (χ2n) is 6.49. The number of nitrogens with zero attached hydrogens (tertiary/aromatic N) is 3. The van der Waals surface area contributed by atoms with Gasteiger partial charge in [-0.25, -0.2) is 0 Å². The van der Waals surface area contributed by atoms with Crippen molar-refractivity contribution in [2.45, 2.75) is 25.7 Å². The van der Waals surface area contributed by atoms with Crippen LogP contribution in [0.3, 0.4) is 0 Å². The highest BCUT2D eigenvalue weighted by Crippen LogP contribution is 2.56. The van der Waals surface area contributed by atoms with E-state index in [1.807, 2.05) is 0 Å². The molecular weight excluding hydrogens is 312 g/mol. The zero-order valence-electron chi connectivity index (χ0n) is 12.8.